The predicted octanol–water partition coefficient (Wildman–Crippen LogP) is 2.73. The van der Waals surface area contributed by atoms with E-state index in [0.717, 1.165) is 17.3 Å². The first-order chi connectivity index (χ1) is 8.29. The number of piperidine rings is 1. The standard InChI is InChI=1S/C14H28N2S/c1-16-10-4-3-5-13(16)11-15-12-6-8-14(17-2)9-7-12/h12-15H,3-11H2,1-2H3. The van der Waals surface area contributed by atoms with Crippen LogP contribution < -0.4 is 5.32 Å². The van der Waals surface area contributed by atoms with E-state index in [0.29, 0.717) is 0 Å². The maximum Gasteiger partial charge on any atom is 0.0217 e. The average Bonchev–Trinajstić information content (AvgIpc) is 2.38. The van der Waals surface area contributed by atoms with Crippen LogP contribution >= 0.6 is 11.8 Å². The quantitative estimate of drug-likeness (QED) is 0.832. The Balaban J connectivity index is 1.65. The lowest BCUT2D eigenvalue weighted by molar-refractivity contribution is 0.174. The first-order valence-electron chi connectivity index (χ1n) is 7.26. The van der Waals surface area contributed by atoms with E-state index >= 15 is 0 Å². The maximum absolute atomic E-state index is 3.82. The monoisotopic (exact) mass is 256 g/mol. The van der Waals surface area contributed by atoms with Crippen LogP contribution in [0, 0.1) is 0 Å². The van der Waals surface area contributed by atoms with Gasteiger partial charge in [-0.05, 0) is 58.4 Å². The maximum atomic E-state index is 3.82. The molecule has 1 unspecified atom stereocenters. The molecule has 1 aliphatic carbocycles. The molecule has 2 aliphatic rings. The molecule has 1 saturated carbocycles. The van der Waals surface area contributed by atoms with Gasteiger partial charge in [0, 0.05) is 23.9 Å². The summed E-state index contributed by atoms with van der Waals surface area (Å²) in [4.78, 5) is 2.55. The molecule has 1 N–H and O–H groups in total. The minimum Gasteiger partial charge on any atom is -0.312 e. The molecule has 2 fully saturated rings. The van der Waals surface area contributed by atoms with E-state index in [2.05, 4.69) is 35.3 Å². The molecular weight excluding hydrogens is 228 g/mol. The summed E-state index contributed by atoms with van der Waals surface area (Å²) in [6.07, 6.45) is 12.1. The second-order valence-electron chi connectivity index (χ2n) is 5.75. The molecule has 0 aromatic heterocycles. The Bertz CT molecular complexity index is 214. The summed E-state index contributed by atoms with van der Waals surface area (Å²) >= 11 is 2.06. The van der Waals surface area contributed by atoms with Crippen LogP contribution in [-0.4, -0.2) is 48.6 Å². The number of hydrogen-bond donors (Lipinski definition) is 1. The minimum absolute atomic E-state index is 0.794. The van der Waals surface area contributed by atoms with Crippen LogP contribution in [-0.2, 0) is 0 Å². The highest BCUT2D eigenvalue weighted by molar-refractivity contribution is 7.99. The van der Waals surface area contributed by atoms with Gasteiger partial charge in [0.2, 0.25) is 0 Å². The zero-order valence-electron chi connectivity index (χ0n) is 11.5. The topological polar surface area (TPSA) is 15.3 Å². The van der Waals surface area contributed by atoms with Crippen LogP contribution in [0.1, 0.15) is 44.9 Å². The fraction of sp³-hybridized carbons (Fsp3) is 1.00. The number of hydrogen-bond acceptors (Lipinski definition) is 3. The van der Waals surface area contributed by atoms with Crippen molar-refractivity contribution in [2.75, 3.05) is 26.4 Å². The number of likely N-dealkylation sites (tertiary alicyclic amines) is 1. The molecular formula is C14H28N2S. The van der Waals surface area contributed by atoms with Crippen LogP contribution in [0.2, 0.25) is 0 Å². The van der Waals surface area contributed by atoms with Gasteiger partial charge < -0.3 is 10.2 Å². The van der Waals surface area contributed by atoms with Gasteiger partial charge >= 0.3 is 0 Å². The van der Waals surface area contributed by atoms with E-state index in [9.17, 15) is 0 Å². The van der Waals surface area contributed by atoms with E-state index < -0.39 is 0 Å². The number of likely N-dealkylation sites (N-methyl/N-ethyl adjacent to an activating group) is 1. The summed E-state index contributed by atoms with van der Waals surface area (Å²) in [6, 6.07) is 1.59. The number of nitrogens with one attached hydrogen (secondary N) is 1. The van der Waals surface area contributed by atoms with E-state index in [1.807, 2.05) is 0 Å². The summed E-state index contributed by atoms with van der Waals surface area (Å²) < 4.78 is 0. The lowest BCUT2D eigenvalue weighted by atomic mass is 9.94. The molecule has 1 atom stereocenters. The van der Waals surface area contributed by atoms with E-state index in [1.165, 1.54) is 58.0 Å². The van der Waals surface area contributed by atoms with Crippen molar-refractivity contribution in [3.63, 3.8) is 0 Å². The van der Waals surface area contributed by atoms with Crippen LogP contribution in [0.3, 0.4) is 0 Å². The van der Waals surface area contributed by atoms with E-state index in [1.54, 1.807) is 0 Å². The SMILES string of the molecule is CSC1CCC(NCC2CCCCN2C)CC1. The van der Waals surface area contributed by atoms with Crippen molar-refractivity contribution >= 4 is 11.8 Å². The second-order valence-corrected chi connectivity index (χ2v) is 6.89. The summed E-state index contributed by atoms with van der Waals surface area (Å²) in [7, 11) is 2.29. The number of rotatable bonds is 4. The van der Waals surface area contributed by atoms with E-state index in [4.69, 9.17) is 0 Å². The lowest BCUT2D eigenvalue weighted by Crippen LogP contribution is -2.46. The molecule has 0 spiro atoms. The highest BCUT2D eigenvalue weighted by Gasteiger charge is 2.23. The molecule has 0 aromatic rings. The van der Waals surface area contributed by atoms with Gasteiger partial charge in [-0.2, -0.15) is 11.8 Å². The van der Waals surface area contributed by atoms with Crippen molar-refractivity contribution in [1.29, 1.82) is 0 Å². The predicted molar refractivity (Wildman–Crippen MR) is 77.8 cm³/mol. The summed E-state index contributed by atoms with van der Waals surface area (Å²) in [6.45, 7) is 2.51. The van der Waals surface area contributed by atoms with Gasteiger partial charge in [-0.1, -0.05) is 6.42 Å². The zero-order chi connectivity index (χ0) is 12.1. The van der Waals surface area contributed by atoms with Crippen molar-refractivity contribution in [3.8, 4) is 0 Å². The molecule has 2 rings (SSSR count). The van der Waals surface area contributed by atoms with Gasteiger partial charge in [0.15, 0.2) is 0 Å². The minimum atomic E-state index is 0.794. The van der Waals surface area contributed by atoms with Gasteiger partial charge in [0.1, 0.15) is 0 Å². The van der Waals surface area contributed by atoms with Crippen molar-refractivity contribution in [1.82, 2.24) is 10.2 Å². The fourth-order valence-corrected chi connectivity index (χ4v) is 3.95. The molecule has 3 heteroatoms. The molecule has 1 aliphatic heterocycles. The third-order valence-electron chi connectivity index (χ3n) is 4.57. The number of thioether (sulfide) groups is 1. The van der Waals surface area contributed by atoms with Gasteiger partial charge in [0.05, 0.1) is 0 Å². The molecule has 0 amide bonds. The molecule has 0 bridgehead atoms. The normalized spacial score (nSPS) is 36.0. The molecule has 1 saturated heterocycles. The third-order valence-corrected chi connectivity index (χ3v) is 5.71. The van der Waals surface area contributed by atoms with Gasteiger partial charge in [-0.3, -0.25) is 0 Å². The smallest absolute Gasteiger partial charge is 0.0217 e. The van der Waals surface area contributed by atoms with Crippen LogP contribution in [0.15, 0.2) is 0 Å². The van der Waals surface area contributed by atoms with Crippen molar-refractivity contribution in [3.05, 3.63) is 0 Å². The summed E-state index contributed by atoms with van der Waals surface area (Å²) in [5.41, 5.74) is 0. The van der Waals surface area contributed by atoms with E-state index in [-0.39, 0.29) is 0 Å². The zero-order valence-corrected chi connectivity index (χ0v) is 12.3. The Labute approximate surface area is 111 Å². The van der Waals surface area contributed by atoms with Crippen LogP contribution in [0.25, 0.3) is 0 Å². The second kappa shape index (κ2) is 7.01. The summed E-state index contributed by atoms with van der Waals surface area (Å²) in [5.74, 6) is 0. The Morgan fingerprint density at radius 1 is 1.12 bits per heavy atom. The Morgan fingerprint density at radius 2 is 1.88 bits per heavy atom. The lowest BCUT2D eigenvalue weighted by Gasteiger charge is -2.35. The fourth-order valence-electron chi connectivity index (χ4n) is 3.21. The Morgan fingerprint density at radius 3 is 2.53 bits per heavy atom. The molecule has 17 heavy (non-hydrogen) atoms. The first kappa shape index (κ1) is 13.7. The molecule has 0 radical (unpaired) electrons. The van der Waals surface area contributed by atoms with Crippen molar-refractivity contribution in [2.24, 2.45) is 0 Å². The largest absolute Gasteiger partial charge is 0.312 e. The van der Waals surface area contributed by atoms with Crippen LogP contribution in [0.4, 0.5) is 0 Å². The number of nitrogens with zero attached hydrogens (tertiary/aromatic N) is 1. The average molecular weight is 256 g/mol. The van der Waals surface area contributed by atoms with Crippen molar-refractivity contribution in [2.45, 2.75) is 62.3 Å². The molecule has 0 aromatic carbocycles. The highest BCUT2D eigenvalue weighted by Crippen LogP contribution is 2.27. The Kier molecular flexibility index (Phi) is 5.64. The summed E-state index contributed by atoms with van der Waals surface area (Å²) in [5, 5.41) is 4.75. The first-order valence-corrected chi connectivity index (χ1v) is 8.55. The van der Waals surface area contributed by atoms with Gasteiger partial charge in [0.25, 0.3) is 0 Å². The van der Waals surface area contributed by atoms with Crippen molar-refractivity contribution < 1.29 is 0 Å². The Hall–Kier alpha value is 0.270. The van der Waals surface area contributed by atoms with Gasteiger partial charge in [-0.15, -0.1) is 0 Å². The van der Waals surface area contributed by atoms with Gasteiger partial charge in [-0.25, -0.2) is 0 Å². The van der Waals surface area contributed by atoms with Crippen LogP contribution in [0.5, 0.6) is 0 Å². The molecule has 1 heterocycles. The third kappa shape index (κ3) is 4.15. The molecule has 2 nitrogen and oxygen atoms in total. The molecule has 100 valence electrons. The highest BCUT2D eigenvalue weighted by atomic mass is 32.2.